The first-order chi connectivity index (χ1) is 9.06. The number of aromatic amines is 1. The number of aryl methyl sites for hydroxylation is 1. The Morgan fingerprint density at radius 2 is 1.84 bits per heavy atom. The molecule has 0 amide bonds. The second kappa shape index (κ2) is 5.93. The van der Waals surface area contributed by atoms with Gasteiger partial charge >= 0.3 is 0 Å². The monoisotopic (exact) mass is 259 g/mol. The highest BCUT2D eigenvalue weighted by atomic mass is 15.1. The lowest BCUT2D eigenvalue weighted by molar-refractivity contribution is 0.317. The van der Waals surface area contributed by atoms with Gasteiger partial charge in [-0.25, -0.2) is 9.97 Å². The molecule has 1 N–H and O–H groups in total. The minimum atomic E-state index is 0.375. The Bertz CT molecular complexity index is 515. The smallest absolute Gasteiger partial charge is 0.130 e. The predicted octanol–water partition coefficient (Wildman–Crippen LogP) is 2.26. The Labute approximate surface area is 114 Å². The fraction of sp³-hybridized carbons (Fsp3) is 0.500. The summed E-state index contributed by atoms with van der Waals surface area (Å²) in [5, 5.41) is 6.99. The van der Waals surface area contributed by atoms with Crippen molar-refractivity contribution in [2.75, 3.05) is 7.05 Å². The van der Waals surface area contributed by atoms with Gasteiger partial charge in [0.05, 0.1) is 6.20 Å². The summed E-state index contributed by atoms with van der Waals surface area (Å²) >= 11 is 0. The second-order valence-corrected chi connectivity index (χ2v) is 5.30. The summed E-state index contributed by atoms with van der Waals surface area (Å²) in [5.74, 6) is 1.28. The highest BCUT2D eigenvalue weighted by molar-refractivity contribution is 5.14. The normalized spacial score (nSPS) is 11.5. The van der Waals surface area contributed by atoms with Gasteiger partial charge in [0.2, 0.25) is 0 Å². The van der Waals surface area contributed by atoms with E-state index in [2.05, 4.69) is 46.0 Å². The van der Waals surface area contributed by atoms with Gasteiger partial charge in [-0.3, -0.25) is 10.00 Å². The lowest BCUT2D eigenvalue weighted by atomic mass is 10.2. The summed E-state index contributed by atoms with van der Waals surface area (Å²) in [6, 6.07) is 0. The number of hydrogen-bond acceptors (Lipinski definition) is 4. The molecular weight excluding hydrogens is 238 g/mol. The maximum atomic E-state index is 4.39. The maximum Gasteiger partial charge on any atom is 0.130 e. The minimum Gasteiger partial charge on any atom is -0.298 e. The molecule has 0 aliphatic carbocycles. The molecule has 0 saturated carbocycles. The van der Waals surface area contributed by atoms with Gasteiger partial charge in [0.25, 0.3) is 0 Å². The molecule has 0 atom stereocenters. The van der Waals surface area contributed by atoms with Crippen LogP contribution in [0.25, 0.3) is 0 Å². The first-order valence-corrected chi connectivity index (χ1v) is 6.54. The van der Waals surface area contributed by atoms with Gasteiger partial charge < -0.3 is 0 Å². The Morgan fingerprint density at radius 1 is 1.16 bits per heavy atom. The number of H-pyrrole nitrogens is 1. The van der Waals surface area contributed by atoms with Crippen LogP contribution < -0.4 is 0 Å². The van der Waals surface area contributed by atoms with Gasteiger partial charge in [0, 0.05) is 48.2 Å². The van der Waals surface area contributed by atoms with Gasteiger partial charge in [0.15, 0.2) is 0 Å². The predicted molar refractivity (Wildman–Crippen MR) is 74.6 cm³/mol. The Kier molecular flexibility index (Phi) is 4.27. The third-order valence-electron chi connectivity index (χ3n) is 3.07. The van der Waals surface area contributed by atoms with Crippen LogP contribution in [0.5, 0.6) is 0 Å². The second-order valence-electron chi connectivity index (χ2n) is 5.30. The van der Waals surface area contributed by atoms with Gasteiger partial charge in [-0.05, 0) is 14.0 Å². The SMILES string of the molecule is Cc1[nH]ncc1CN(C)Cc1cnc(C(C)C)nc1. The lowest BCUT2D eigenvalue weighted by Gasteiger charge is -2.16. The van der Waals surface area contributed by atoms with Crippen LogP contribution in [0.2, 0.25) is 0 Å². The van der Waals surface area contributed by atoms with Crippen molar-refractivity contribution in [1.29, 1.82) is 0 Å². The van der Waals surface area contributed by atoms with E-state index in [0.717, 1.165) is 30.2 Å². The van der Waals surface area contributed by atoms with Crippen molar-refractivity contribution < 1.29 is 0 Å². The molecule has 0 aromatic carbocycles. The van der Waals surface area contributed by atoms with Crippen molar-refractivity contribution in [1.82, 2.24) is 25.1 Å². The van der Waals surface area contributed by atoms with Crippen LogP contribution in [0.1, 0.15) is 42.4 Å². The zero-order valence-electron chi connectivity index (χ0n) is 12.0. The average molecular weight is 259 g/mol. The average Bonchev–Trinajstić information content (AvgIpc) is 2.75. The quantitative estimate of drug-likeness (QED) is 0.895. The standard InChI is InChI=1S/C14H21N5/c1-10(2)14-15-5-12(6-16-14)8-19(4)9-13-7-17-18-11(13)3/h5-7,10H,8-9H2,1-4H3,(H,17,18). The van der Waals surface area contributed by atoms with Crippen molar-refractivity contribution in [3.8, 4) is 0 Å². The Morgan fingerprint density at radius 3 is 2.37 bits per heavy atom. The van der Waals surface area contributed by atoms with Gasteiger partial charge in [-0.15, -0.1) is 0 Å². The molecule has 2 rings (SSSR count). The molecular formula is C14H21N5. The number of hydrogen-bond donors (Lipinski definition) is 1. The molecule has 0 aliphatic rings. The molecule has 2 heterocycles. The lowest BCUT2D eigenvalue weighted by Crippen LogP contribution is -2.18. The van der Waals surface area contributed by atoms with E-state index >= 15 is 0 Å². The number of nitrogens with one attached hydrogen (secondary N) is 1. The van der Waals surface area contributed by atoms with Crippen molar-refractivity contribution in [3.63, 3.8) is 0 Å². The van der Waals surface area contributed by atoms with Crippen LogP contribution in [0.4, 0.5) is 0 Å². The maximum absolute atomic E-state index is 4.39. The molecule has 0 fully saturated rings. The summed E-state index contributed by atoms with van der Waals surface area (Å²) in [4.78, 5) is 11.0. The minimum absolute atomic E-state index is 0.375. The van der Waals surface area contributed by atoms with E-state index < -0.39 is 0 Å². The van der Waals surface area contributed by atoms with E-state index in [9.17, 15) is 0 Å². The Balaban J connectivity index is 1.95. The number of aromatic nitrogens is 4. The number of rotatable bonds is 5. The van der Waals surface area contributed by atoms with E-state index in [1.54, 1.807) is 0 Å². The zero-order chi connectivity index (χ0) is 13.8. The van der Waals surface area contributed by atoms with E-state index in [0.29, 0.717) is 5.92 Å². The molecule has 0 unspecified atom stereocenters. The van der Waals surface area contributed by atoms with E-state index in [1.807, 2.05) is 25.5 Å². The number of nitrogens with zero attached hydrogens (tertiary/aromatic N) is 4. The first-order valence-electron chi connectivity index (χ1n) is 6.54. The molecule has 102 valence electrons. The molecule has 0 saturated heterocycles. The van der Waals surface area contributed by atoms with Gasteiger partial charge in [0.1, 0.15) is 5.82 Å². The summed E-state index contributed by atoms with van der Waals surface area (Å²) in [6.45, 7) is 7.94. The molecule has 0 radical (unpaired) electrons. The largest absolute Gasteiger partial charge is 0.298 e. The van der Waals surface area contributed by atoms with Crippen LogP contribution >= 0.6 is 0 Å². The van der Waals surface area contributed by atoms with E-state index in [-0.39, 0.29) is 0 Å². The highest BCUT2D eigenvalue weighted by Crippen LogP contribution is 2.11. The van der Waals surface area contributed by atoms with Crippen molar-refractivity contribution >= 4 is 0 Å². The molecule has 19 heavy (non-hydrogen) atoms. The summed E-state index contributed by atoms with van der Waals surface area (Å²) in [6.07, 6.45) is 5.71. The van der Waals surface area contributed by atoms with Crippen molar-refractivity contribution in [2.24, 2.45) is 0 Å². The summed E-state index contributed by atoms with van der Waals surface area (Å²) < 4.78 is 0. The van der Waals surface area contributed by atoms with Crippen LogP contribution in [0.3, 0.4) is 0 Å². The third kappa shape index (κ3) is 3.61. The summed E-state index contributed by atoms with van der Waals surface area (Å²) in [7, 11) is 2.09. The van der Waals surface area contributed by atoms with Gasteiger partial charge in [-0.1, -0.05) is 13.8 Å². The molecule has 5 heteroatoms. The fourth-order valence-corrected chi connectivity index (χ4v) is 1.94. The Hall–Kier alpha value is -1.75. The fourth-order valence-electron chi connectivity index (χ4n) is 1.94. The van der Waals surface area contributed by atoms with Gasteiger partial charge in [-0.2, -0.15) is 5.10 Å². The zero-order valence-corrected chi connectivity index (χ0v) is 12.0. The summed E-state index contributed by atoms with van der Waals surface area (Å²) in [5.41, 5.74) is 3.48. The van der Waals surface area contributed by atoms with E-state index in [4.69, 9.17) is 0 Å². The van der Waals surface area contributed by atoms with Crippen molar-refractivity contribution in [3.05, 3.63) is 41.2 Å². The van der Waals surface area contributed by atoms with Crippen LogP contribution in [0, 0.1) is 6.92 Å². The van der Waals surface area contributed by atoms with Crippen LogP contribution in [-0.4, -0.2) is 32.1 Å². The molecule has 0 aliphatic heterocycles. The van der Waals surface area contributed by atoms with Crippen molar-refractivity contribution in [2.45, 2.75) is 39.8 Å². The topological polar surface area (TPSA) is 57.7 Å². The molecule has 2 aromatic heterocycles. The molecule has 0 bridgehead atoms. The van der Waals surface area contributed by atoms with Crippen LogP contribution in [0.15, 0.2) is 18.6 Å². The molecule has 5 nitrogen and oxygen atoms in total. The molecule has 0 spiro atoms. The van der Waals surface area contributed by atoms with Crippen LogP contribution in [-0.2, 0) is 13.1 Å². The highest BCUT2D eigenvalue weighted by Gasteiger charge is 2.07. The molecule has 2 aromatic rings. The first kappa shape index (κ1) is 13.7. The third-order valence-corrected chi connectivity index (χ3v) is 3.07. The van der Waals surface area contributed by atoms with E-state index in [1.165, 1.54) is 5.56 Å².